The second-order valence-electron chi connectivity index (χ2n) is 6.12. The highest BCUT2D eigenvalue weighted by molar-refractivity contribution is 6.31. The van der Waals surface area contributed by atoms with E-state index in [-0.39, 0.29) is 11.3 Å². The average molecular weight is 395 g/mol. The number of para-hydroxylation sites is 1. The van der Waals surface area contributed by atoms with Gasteiger partial charge in [-0.1, -0.05) is 29.8 Å². The maximum atomic E-state index is 12.6. The molecule has 0 radical (unpaired) electrons. The molecule has 140 valence electrons. The van der Waals surface area contributed by atoms with Gasteiger partial charge >= 0.3 is 5.91 Å². The van der Waals surface area contributed by atoms with Gasteiger partial charge in [0.05, 0.1) is 17.5 Å². The molecular weight excluding hydrogens is 380 g/mol. The first-order valence-corrected chi connectivity index (χ1v) is 8.80. The summed E-state index contributed by atoms with van der Waals surface area (Å²) in [6.07, 6.45) is 1.31. The normalized spacial score (nSPS) is 11.4. The fraction of sp³-hybridized carbons (Fsp3) is 0.0500. The topological polar surface area (TPSA) is 92.4 Å². The van der Waals surface area contributed by atoms with E-state index >= 15 is 0 Å². The molecule has 7 nitrogen and oxygen atoms in total. The lowest BCUT2D eigenvalue weighted by Crippen LogP contribution is -2.19. The summed E-state index contributed by atoms with van der Waals surface area (Å²) in [5.74, 6) is -0.429. The lowest BCUT2D eigenvalue weighted by atomic mass is 10.2. The largest absolute Gasteiger partial charge is 0.451 e. The van der Waals surface area contributed by atoms with Crippen LogP contribution in [0.2, 0.25) is 5.02 Å². The maximum absolute atomic E-state index is 12.6. The molecule has 4 rings (SSSR count). The van der Waals surface area contributed by atoms with Crippen LogP contribution in [0.25, 0.3) is 16.7 Å². The maximum Gasteiger partial charge on any atom is 0.307 e. The van der Waals surface area contributed by atoms with Crippen molar-refractivity contribution >= 4 is 34.7 Å². The number of hydrazone groups is 1. The Labute approximate surface area is 164 Å². The van der Waals surface area contributed by atoms with E-state index in [1.165, 1.54) is 10.9 Å². The number of halogens is 1. The van der Waals surface area contributed by atoms with E-state index in [1.807, 2.05) is 30.3 Å². The summed E-state index contributed by atoms with van der Waals surface area (Å²) >= 11 is 5.93. The monoisotopic (exact) mass is 394 g/mol. The third kappa shape index (κ3) is 3.35. The fourth-order valence-electron chi connectivity index (χ4n) is 2.81. The van der Waals surface area contributed by atoms with Crippen molar-refractivity contribution in [2.24, 2.45) is 5.10 Å². The highest BCUT2D eigenvalue weighted by Gasteiger charge is 2.13. The molecule has 28 heavy (non-hydrogen) atoms. The Morgan fingerprint density at radius 1 is 1.21 bits per heavy atom. The number of benzene rings is 2. The van der Waals surface area contributed by atoms with Crippen molar-refractivity contribution in [3.63, 3.8) is 0 Å². The minimum absolute atomic E-state index is 0.0990. The third-order valence-corrected chi connectivity index (χ3v) is 4.43. The van der Waals surface area contributed by atoms with Gasteiger partial charge < -0.3 is 4.42 Å². The third-order valence-electron chi connectivity index (χ3n) is 4.19. The summed E-state index contributed by atoms with van der Waals surface area (Å²) in [4.78, 5) is 24.8. The lowest BCUT2D eigenvalue weighted by molar-refractivity contribution is 0.0929. The molecule has 0 aliphatic rings. The second kappa shape index (κ2) is 7.21. The molecule has 0 spiro atoms. The molecule has 8 heteroatoms. The van der Waals surface area contributed by atoms with Gasteiger partial charge in [0.15, 0.2) is 5.76 Å². The van der Waals surface area contributed by atoms with Crippen LogP contribution in [-0.2, 0) is 0 Å². The van der Waals surface area contributed by atoms with Crippen LogP contribution >= 0.6 is 11.6 Å². The fourth-order valence-corrected chi connectivity index (χ4v) is 2.99. The second-order valence-corrected chi connectivity index (χ2v) is 6.55. The van der Waals surface area contributed by atoms with E-state index < -0.39 is 5.91 Å². The number of furan rings is 1. The molecule has 2 N–H and O–H groups in total. The van der Waals surface area contributed by atoms with Gasteiger partial charge in [-0.3, -0.25) is 14.7 Å². The van der Waals surface area contributed by atoms with Gasteiger partial charge in [0, 0.05) is 16.1 Å². The predicted octanol–water partition coefficient (Wildman–Crippen LogP) is 3.64. The van der Waals surface area contributed by atoms with Gasteiger partial charge in [0.1, 0.15) is 5.58 Å². The zero-order valence-corrected chi connectivity index (χ0v) is 15.5. The van der Waals surface area contributed by atoms with Crippen LogP contribution in [-0.4, -0.2) is 21.9 Å². The Morgan fingerprint density at radius 2 is 2.00 bits per heavy atom. The highest BCUT2D eigenvalue weighted by Crippen LogP contribution is 2.22. The number of carbonyl (C=O) groups is 1. The van der Waals surface area contributed by atoms with Gasteiger partial charge in [-0.25, -0.2) is 10.1 Å². The first kappa shape index (κ1) is 17.8. The van der Waals surface area contributed by atoms with E-state index in [2.05, 4.69) is 15.6 Å². The summed E-state index contributed by atoms with van der Waals surface area (Å²) in [6.45, 7) is 1.76. The molecule has 0 fully saturated rings. The number of fused-ring (bicyclic) bond motifs is 1. The summed E-state index contributed by atoms with van der Waals surface area (Å²) in [7, 11) is 0. The molecule has 2 aromatic heterocycles. The molecule has 2 heterocycles. The number of hydrogen-bond acceptors (Lipinski definition) is 4. The molecule has 2 aromatic carbocycles. The minimum Gasteiger partial charge on any atom is -0.451 e. The Hall–Kier alpha value is -3.58. The number of aryl methyl sites for hydroxylation is 1. The molecule has 0 aliphatic heterocycles. The molecule has 4 aromatic rings. The molecule has 0 bridgehead atoms. The van der Waals surface area contributed by atoms with Crippen molar-refractivity contribution in [1.82, 2.24) is 15.2 Å². The first-order valence-electron chi connectivity index (χ1n) is 8.42. The highest BCUT2D eigenvalue weighted by atomic mass is 35.5. The summed E-state index contributed by atoms with van der Waals surface area (Å²) in [5, 5.41) is 8.15. The number of nitrogens with one attached hydrogen (secondary N) is 2. The standard InChI is InChI=1S/C20H15ClN4O3/c1-12-16(20(27)25(24-12)15-5-3-2-4-6-15)11-22-23-19(26)18-10-13-9-14(21)7-8-17(13)28-18/h2-11,24H,1H3,(H,23,26). The van der Waals surface area contributed by atoms with Crippen LogP contribution in [0.4, 0.5) is 0 Å². The van der Waals surface area contributed by atoms with Crippen molar-refractivity contribution in [2.45, 2.75) is 6.92 Å². The first-order chi connectivity index (χ1) is 13.5. The SMILES string of the molecule is Cc1[nH]n(-c2ccccc2)c(=O)c1C=NNC(=O)c1cc2cc(Cl)ccc2o1. The van der Waals surface area contributed by atoms with Crippen LogP contribution in [0.1, 0.15) is 21.8 Å². The summed E-state index contributed by atoms with van der Waals surface area (Å²) in [6, 6.07) is 15.8. The number of H-pyrrole nitrogens is 1. The predicted molar refractivity (Wildman–Crippen MR) is 107 cm³/mol. The molecule has 0 saturated heterocycles. The van der Waals surface area contributed by atoms with Crippen molar-refractivity contribution in [2.75, 3.05) is 0 Å². The number of amides is 1. The Balaban J connectivity index is 1.54. The van der Waals surface area contributed by atoms with Gasteiger partial charge in [0.25, 0.3) is 5.56 Å². The van der Waals surface area contributed by atoms with E-state index in [1.54, 1.807) is 31.2 Å². The van der Waals surface area contributed by atoms with Gasteiger partial charge in [-0.05, 0) is 43.3 Å². The molecular formula is C20H15ClN4O3. The van der Waals surface area contributed by atoms with Crippen LogP contribution in [0.5, 0.6) is 0 Å². The van der Waals surface area contributed by atoms with Crippen molar-refractivity contribution in [1.29, 1.82) is 0 Å². The number of aromatic nitrogens is 2. The van der Waals surface area contributed by atoms with Crippen LogP contribution in [0.3, 0.4) is 0 Å². The van der Waals surface area contributed by atoms with Crippen molar-refractivity contribution in [3.8, 4) is 5.69 Å². The van der Waals surface area contributed by atoms with Crippen LogP contribution in [0.15, 0.2) is 68.9 Å². The minimum atomic E-state index is -0.528. The molecule has 0 unspecified atom stereocenters. The number of aromatic amines is 1. The lowest BCUT2D eigenvalue weighted by Gasteiger charge is -1.99. The Kier molecular flexibility index (Phi) is 4.58. The summed E-state index contributed by atoms with van der Waals surface area (Å²) in [5.41, 5.74) is 4.34. The van der Waals surface area contributed by atoms with Crippen LogP contribution < -0.4 is 11.0 Å². The molecule has 0 atom stereocenters. The van der Waals surface area contributed by atoms with Gasteiger partial charge in [0.2, 0.25) is 0 Å². The number of rotatable bonds is 4. The van der Waals surface area contributed by atoms with Gasteiger partial charge in [-0.15, -0.1) is 0 Å². The smallest absolute Gasteiger partial charge is 0.307 e. The summed E-state index contributed by atoms with van der Waals surface area (Å²) < 4.78 is 6.90. The van der Waals surface area contributed by atoms with Crippen molar-refractivity contribution < 1.29 is 9.21 Å². The number of hydrogen-bond donors (Lipinski definition) is 2. The zero-order chi connectivity index (χ0) is 19.7. The molecule has 0 aliphatic carbocycles. The number of carbonyl (C=O) groups excluding carboxylic acids is 1. The van der Waals surface area contributed by atoms with Gasteiger partial charge in [-0.2, -0.15) is 5.10 Å². The number of nitrogens with zero attached hydrogens (tertiary/aromatic N) is 2. The zero-order valence-electron chi connectivity index (χ0n) is 14.8. The van der Waals surface area contributed by atoms with E-state index in [0.29, 0.717) is 32.9 Å². The van der Waals surface area contributed by atoms with E-state index in [4.69, 9.17) is 16.0 Å². The van der Waals surface area contributed by atoms with Crippen molar-refractivity contribution in [3.05, 3.63) is 87.0 Å². The average Bonchev–Trinajstić information content (AvgIpc) is 3.24. The Bertz CT molecular complexity index is 1250. The van der Waals surface area contributed by atoms with Crippen LogP contribution in [0, 0.1) is 6.92 Å². The molecule has 1 amide bonds. The Morgan fingerprint density at radius 3 is 2.79 bits per heavy atom. The van der Waals surface area contributed by atoms with E-state index in [9.17, 15) is 9.59 Å². The molecule has 0 saturated carbocycles. The van der Waals surface area contributed by atoms with E-state index in [0.717, 1.165) is 0 Å². The quantitative estimate of drug-likeness (QED) is 0.409.